The number of phosphoric acid groups is 2. The number of hydrogen-bond donors (Lipinski definition) is 3. The van der Waals surface area contributed by atoms with Gasteiger partial charge >= 0.3 is 39.5 Å². The molecule has 0 bridgehead atoms. The minimum atomic E-state index is -4.96. The van der Waals surface area contributed by atoms with E-state index in [1.807, 2.05) is 0 Å². The van der Waals surface area contributed by atoms with E-state index in [4.69, 9.17) is 37.0 Å². The number of aliphatic hydroxyl groups excluding tert-OH is 1. The van der Waals surface area contributed by atoms with Gasteiger partial charge in [-0.3, -0.25) is 37.3 Å². The Hall–Kier alpha value is -1.94. The zero-order valence-electron chi connectivity index (χ0n) is 64.1. The molecule has 0 aromatic heterocycles. The zero-order chi connectivity index (χ0) is 72.1. The van der Waals surface area contributed by atoms with Gasteiger partial charge in [0.1, 0.15) is 19.3 Å². The van der Waals surface area contributed by atoms with E-state index >= 15 is 0 Å². The molecule has 3 N–H and O–H groups in total. The van der Waals surface area contributed by atoms with Crippen molar-refractivity contribution in [1.82, 2.24) is 0 Å². The van der Waals surface area contributed by atoms with Crippen molar-refractivity contribution in [2.45, 2.75) is 432 Å². The summed E-state index contributed by atoms with van der Waals surface area (Å²) in [6.07, 6.45) is 59.8. The Balaban J connectivity index is 5.22. The fourth-order valence-electron chi connectivity index (χ4n) is 12.2. The van der Waals surface area contributed by atoms with Crippen LogP contribution >= 0.6 is 15.6 Å². The van der Waals surface area contributed by atoms with Crippen molar-refractivity contribution < 1.29 is 80.2 Å². The standard InChI is InChI=1S/C79H154O17P2/c1-7-9-11-13-15-17-19-21-22-23-24-27-31-34-38-42-49-55-61-76(81)89-67-74(95-78(83)64-58-52-44-40-36-32-28-25-26-30-33-37-41-47-53-59-71(3)4)69-93-97(85,86)91-65-73(80)66-92-98(87,88)94-70-75(68-90-77(82)62-56-50-46-45-48-54-60-72(5)6)96-79(84)63-57-51-43-39-35-29-20-18-16-14-12-10-8-2/h71-75,80H,7-70H2,1-6H3,(H,85,86)(H,87,88)/t73-,74-,75-/m1/s1. The van der Waals surface area contributed by atoms with Crippen LogP contribution in [0.2, 0.25) is 0 Å². The molecule has 17 nitrogen and oxygen atoms in total. The number of ether oxygens (including phenoxy) is 4. The summed E-state index contributed by atoms with van der Waals surface area (Å²) in [6.45, 7) is 9.57. The van der Waals surface area contributed by atoms with Crippen LogP contribution in [0.5, 0.6) is 0 Å². The Morgan fingerprint density at radius 2 is 0.469 bits per heavy atom. The van der Waals surface area contributed by atoms with Gasteiger partial charge in [-0.2, -0.15) is 0 Å². The summed E-state index contributed by atoms with van der Waals surface area (Å²) in [5, 5.41) is 10.6. The Bertz CT molecular complexity index is 1890. The van der Waals surface area contributed by atoms with Gasteiger partial charge < -0.3 is 33.8 Å². The lowest BCUT2D eigenvalue weighted by Gasteiger charge is -2.21. The molecule has 0 saturated heterocycles. The Labute approximate surface area is 600 Å². The van der Waals surface area contributed by atoms with Crippen LogP contribution in [-0.4, -0.2) is 96.7 Å². The summed E-state index contributed by atoms with van der Waals surface area (Å²) in [4.78, 5) is 72.9. The number of phosphoric ester groups is 2. The Kier molecular flexibility index (Phi) is 69.3. The van der Waals surface area contributed by atoms with Crippen LogP contribution in [0.25, 0.3) is 0 Å². The average Bonchev–Trinajstić information content (AvgIpc) is 0.953. The predicted octanol–water partition coefficient (Wildman–Crippen LogP) is 23.5. The van der Waals surface area contributed by atoms with Crippen LogP contribution in [0.15, 0.2) is 0 Å². The maximum absolute atomic E-state index is 13.1. The highest BCUT2D eigenvalue weighted by Crippen LogP contribution is 2.45. The van der Waals surface area contributed by atoms with Gasteiger partial charge in [0.15, 0.2) is 12.2 Å². The molecule has 0 rings (SSSR count). The maximum atomic E-state index is 13.1. The first kappa shape index (κ1) is 96.1. The normalized spacial score (nSPS) is 13.9. The molecule has 19 heteroatoms. The Morgan fingerprint density at radius 1 is 0.276 bits per heavy atom. The lowest BCUT2D eigenvalue weighted by molar-refractivity contribution is -0.161. The molecule has 0 aromatic carbocycles. The quantitative estimate of drug-likeness (QED) is 0.0222. The number of carbonyl (C=O) groups excluding carboxylic acids is 4. The van der Waals surface area contributed by atoms with Gasteiger partial charge in [0.2, 0.25) is 0 Å². The number of aliphatic hydroxyl groups is 1. The smallest absolute Gasteiger partial charge is 0.462 e. The molecule has 0 aliphatic carbocycles. The van der Waals surface area contributed by atoms with Crippen molar-refractivity contribution in [3.05, 3.63) is 0 Å². The third-order valence-electron chi connectivity index (χ3n) is 18.5. The van der Waals surface area contributed by atoms with Crippen molar-refractivity contribution in [2.24, 2.45) is 11.8 Å². The van der Waals surface area contributed by atoms with E-state index in [0.29, 0.717) is 31.6 Å². The van der Waals surface area contributed by atoms with Gasteiger partial charge in [-0.1, -0.05) is 363 Å². The molecule has 0 amide bonds. The van der Waals surface area contributed by atoms with Gasteiger partial charge in [0.05, 0.1) is 26.4 Å². The first-order valence-electron chi connectivity index (χ1n) is 41.0. The number of carbonyl (C=O) groups is 4. The van der Waals surface area contributed by atoms with Crippen molar-refractivity contribution in [3.63, 3.8) is 0 Å². The summed E-state index contributed by atoms with van der Waals surface area (Å²) in [5.74, 6) is -0.630. The fourth-order valence-corrected chi connectivity index (χ4v) is 13.8. The largest absolute Gasteiger partial charge is 0.472 e. The molecule has 0 aliphatic rings. The summed E-state index contributed by atoms with van der Waals surface area (Å²) >= 11 is 0. The lowest BCUT2D eigenvalue weighted by atomic mass is 10.0. The molecule has 0 fully saturated rings. The molecule has 0 spiro atoms. The highest BCUT2D eigenvalue weighted by atomic mass is 31.2. The molecular formula is C79H154O17P2. The van der Waals surface area contributed by atoms with E-state index in [1.54, 1.807) is 0 Å². The van der Waals surface area contributed by atoms with E-state index in [2.05, 4.69) is 41.5 Å². The SMILES string of the molecule is CCCCCCCCCCCCCCCCCCCCC(=O)OC[C@H](COP(=O)(O)OC[C@@H](O)COP(=O)(O)OC[C@@H](COC(=O)CCCCCCCCC(C)C)OC(=O)CCCCCCCCCCCCCCC)OC(=O)CCCCCCCCCCCCCCCCCC(C)C. The highest BCUT2D eigenvalue weighted by molar-refractivity contribution is 7.47. The highest BCUT2D eigenvalue weighted by Gasteiger charge is 2.30. The van der Waals surface area contributed by atoms with Crippen LogP contribution in [0.3, 0.4) is 0 Å². The van der Waals surface area contributed by atoms with Gasteiger partial charge in [0, 0.05) is 25.7 Å². The van der Waals surface area contributed by atoms with Gasteiger partial charge in [-0.15, -0.1) is 0 Å². The fraction of sp³-hybridized carbons (Fsp3) is 0.949. The summed E-state index contributed by atoms with van der Waals surface area (Å²) in [6, 6.07) is 0. The summed E-state index contributed by atoms with van der Waals surface area (Å²) in [7, 11) is -9.91. The molecule has 0 radical (unpaired) electrons. The van der Waals surface area contributed by atoms with Crippen molar-refractivity contribution in [3.8, 4) is 0 Å². The number of unbranched alkanes of at least 4 members (excludes halogenated alkanes) is 48. The van der Waals surface area contributed by atoms with Gasteiger partial charge in [-0.05, 0) is 37.5 Å². The van der Waals surface area contributed by atoms with E-state index in [9.17, 15) is 43.2 Å². The maximum Gasteiger partial charge on any atom is 0.472 e. The zero-order valence-corrected chi connectivity index (χ0v) is 65.9. The van der Waals surface area contributed by atoms with Crippen molar-refractivity contribution in [1.29, 1.82) is 0 Å². The number of rotatable bonds is 78. The molecule has 0 saturated carbocycles. The minimum Gasteiger partial charge on any atom is -0.462 e. The summed E-state index contributed by atoms with van der Waals surface area (Å²) < 4.78 is 68.6. The van der Waals surface area contributed by atoms with E-state index in [0.717, 1.165) is 102 Å². The molecule has 582 valence electrons. The van der Waals surface area contributed by atoms with E-state index < -0.39 is 97.5 Å². The lowest BCUT2D eigenvalue weighted by Crippen LogP contribution is -2.30. The van der Waals surface area contributed by atoms with Crippen LogP contribution in [0.4, 0.5) is 0 Å². The minimum absolute atomic E-state index is 0.107. The number of esters is 4. The molecule has 98 heavy (non-hydrogen) atoms. The molecule has 2 unspecified atom stereocenters. The second-order valence-corrected chi connectivity index (χ2v) is 32.3. The molecule has 0 heterocycles. The topological polar surface area (TPSA) is 237 Å². The predicted molar refractivity (Wildman–Crippen MR) is 400 cm³/mol. The second-order valence-electron chi connectivity index (χ2n) is 29.4. The van der Waals surface area contributed by atoms with Crippen LogP contribution in [0.1, 0.15) is 414 Å². The molecule has 0 aliphatic heterocycles. The third kappa shape index (κ3) is 72.4. The second kappa shape index (κ2) is 70.7. The van der Waals surface area contributed by atoms with Crippen molar-refractivity contribution >= 4 is 39.5 Å². The molecule has 5 atom stereocenters. The van der Waals surface area contributed by atoms with Crippen molar-refractivity contribution in [2.75, 3.05) is 39.6 Å². The summed E-state index contributed by atoms with van der Waals surface area (Å²) in [5.41, 5.74) is 0. The Morgan fingerprint density at radius 3 is 0.694 bits per heavy atom. The van der Waals surface area contributed by atoms with Crippen LogP contribution < -0.4 is 0 Å². The van der Waals surface area contributed by atoms with E-state index in [-0.39, 0.29) is 25.7 Å². The monoisotopic (exact) mass is 1440 g/mol. The molecular weight excluding hydrogens is 1280 g/mol. The average molecular weight is 1440 g/mol. The van der Waals surface area contributed by atoms with Crippen LogP contribution in [-0.2, 0) is 65.4 Å². The van der Waals surface area contributed by atoms with Gasteiger partial charge in [0.25, 0.3) is 0 Å². The number of hydrogen-bond acceptors (Lipinski definition) is 15. The third-order valence-corrected chi connectivity index (χ3v) is 20.4. The van der Waals surface area contributed by atoms with Gasteiger partial charge in [-0.25, -0.2) is 9.13 Å². The first-order chi connectivity index (χ1) is 47.4. The van der Waals surface area contributed by atoms with Crippen LogP contribution in [0, 0.1) is 11.8 Å². The molecule has 0 aromatic rings. The first-order valence-corrected chi connectivity index (χ1v) is 44.0. The van der Waals surface area contributed by atoms with E-state index in [1.165, 1.54) is 225 Å².